The van der Waals surface area contributed by atoms with Gasteiger partial charge in [0.15, 0.2) is 0 Å². The molecule has 0 aliphatic heterocycles. The van der Waals surface area contributed by atoms with Crippen molar-refractivity contribution in [2.45, 2.75) is 26.4 Å². The highest BCUT2D eigenvalue weighted by Gasteiger charge is 2.38. The lowest BCUT2D eigenvalue weighted by molar-refractivity contribution is -0.136. The molecule has 0 saturated carbocycles. The van der Waals surface area contributed by atoms with Crippen molar-refractivity contribution in [2.75, 3.05) is 5.73 Å². The lowest BCUT2D eigenvalue weighted by Crippen LogP contribution is -2.13. The summed E-state index contributed by atoms with van der Waals surface area (Å²) in [4.78, 5) is 15.4. The molecule has 4 N–H and O–H groups in total. The first-order valence-corrected chi connectivity index (χ1v) is 6.58. The van der Waals surface area contributed by atoms with E-state index in [1.165, 1.54) is 6.92 Å². The van der Waals surface area contributed by atoms with Crippen molar-refractivity contribution < 1.29 is 18.0 Å². The number of aromatic nitrogens is 1. The number of pyridine rings is 1. The molecule has 0 atom stereocenters. The largest absolute Gasteiger partial charge is 0.417 e. The number of hydrogen-bond donors (Lipinski definition) is 2. The van der Waals surface area contributed by atoms with Crippen LogP contribution in [0.2, 0.25) is 0 Å². The number of carbonyl (C=O) groups is 1. The van der Waals surface area contributed by atoms with Crippen molar-refractivity contribution in [1.29, 1.82) is 0 Å². The highest BCUT2D eigenvalue weighted by Crippen LogP contribution is 2.44. The van der Waals surface area contributed by atoms with Gasteiger partial charge in [-0.05, 0) is 18.9 Å². The van der Waals surface area contributed by atoms with Gasteiger partial charge in [0, 0.05) is 11.1 Å². The van der Waals surface area contributed by atoms with E-state index in [0.717, 1.165) is 11.3 Å². The quantitative estimate of drug-likeness (QED) is 0.895. The van der Waals surface area contributed by atoms with Crippen LogP contribution >= 0.6 is 11.3 Å². The van der Waals surface area contributed by atoms with Gasteiger partial charge in [0.05, 0.1) is 11.3 Å². The number of primary amides is 1. The molecule has 4 nitrogen and oxygen atoms in total. The first-order chi connectivity index (χ1) is 9.18. The van der Waals surface area contributed by atoms with Crippen LogP contribution in [-0.2, 0) is 12.6 Å². The van der Waals surface area contributed by atoms with Crippen molar-refractivity contribution in [3.05, 3.63) is 21.7 Å². The summed E-state index contributed by atoms with van der Waals surface area (Å²) in [6.45, 7) is 3.07. The Morgan fingerprint density at radius 2 is 2.00 bits per heavy atom. The lowest BCUT2D eigenvalue weighted by atomic mass is 10.0. The summed E-state index contributed by atoms with van der Waals surface area (Å²) in [5.74, 6) is -0.852. The average molecular weight is 303 g/mol. The number of rotatable bonds is 2. The van der Waals surface area contributed by atoms with E-state index in [4.69, 9.17) is 11.5 Å². The minimum atomic E-state index is -4.57. The van der Waals surface area contributed by atoms with Crippen LogP contribution in [0.4, 0.5) is 18.9 Å². The number of carbonyl (C=O) groups excluding carboxylic acids is 1. The Balaban J connectivity index is 2.99. The molecule has 0 aromatic carbocycles. The zero-order chi connectivity index (χ0) is 15.2. The molecule has 0 spiro atoms. The van der Waals surface area contributed by atoms with Crippen molar-refractivity contribution in [3.63, 3.8) is 0 Å². The number of nitrogen functional groups attached to an aromatic ring is 1. The lowest BCUT2D eigenvalue weighted by Gasteiger charge is -2.14. The molecule has 2 heterocycles. The van der Waals surface area contributed by atoms with E-state index in [1.54, 1.807) is 6.92 Å². The zero-order valence-electron chi connectivity index (χ0n) is 10.8. The van der Waals surface area contributed by atoms with E-state index in [2.05, 4.69) is 4.98 Å². The monoisotopic (exact) mass is 303 g/mol. The molecular formula is C12H12F3N3OS. The number of amides is 1. The van der Waals surface area contributed by atoms with Crippen LogP contribution in [0, 0.1) is 6.92 Å². The summed E-state index contributed by atoms with van der Waals surface area (Å²) in [6.07, 6.45) is -4.21. The first kappa shape index (κ1) is 14.6. The summed E-state index contributed by atoms with van der Waals surface area (Å²) in [5, 5.41) is -0.231. The molecule has 8 heteroatoms. The van der Waals surface area contributed by atoms with Crippen LogP contribution in [0.1, 0.15) is 33.4 Å². The second-order valence-electron chi connectivity index (χ2n) is 4.30. The van der Waals surface area contributed by atoms with Gasteiger partial charge in [0.2, 0.25) is 0 Å². The Hall–Kier alpha value is -1.83. The van der Waals surface area contributed by atoms with Crippen molar-refractivity contribution in [2.24, 2.45) is 5.73 Å². The molecule has 0 aliphatic carbocycles. The number of alkyl halides is 3. The van der Waals surface area contributed by atoms with Crippen LogP contribution in [0.25, 0.3) is 10.2 Å². The number of aryl methyl sites for hydroxylation is 1. The maximum atomic E-state index is 13.3. The second kappa shape index (κ2) is 4.62. The number of nitrogens with two attached hydrogens (primary N) is 2. The molecule has 0 bridgehead atoms. The maximum absolute atomic E-state index is 13.3. The molecule has 2 aromatic rings. The number of hydrogen-bond acceptors (Lipinski definition) is 4. The fraction of sp³-hybridized carbons (Fsp3) is 0.333. The maximum Gasteiger partial charge on any atom is 0.417 e. The highest BCUT2D eigenvalue weighted by atomic mass is 32.1. The number of nitrogens with zero attached hydrogens (tertiary/aromatic N) is 1. The van der Waals surface area contributed by atoms with Gasteiger partial charge in [0.25, 0.3) is 5.91 Å². The third-order valence-electron chi connectivity index (χ3n) is 3.06. The normalized spacial score (nSPS) is 12.1. The molecule has 0 saturated heterocycles. The fourth-order valence-corrected chi connectivity index (χ4v) is 3.15. The summed E-state index contributed by atoms with van der Waals surface area (Å²) >= 11 is 0.790. The molecule has 1 amide bonds. The fourth-order valence-electron chi connectivity index (χ4n) is 2.17. The molecule has 0 fully saturated rings. The van der Waals surface area contributed by atoms with E-state index >= 15 is 0 Å². The second-order valence-corrected chi connectivity index (χ2v) is 5.30. The Labute approximate surface area is 116 Å². The SMILES string of the molecule is CCc1nc2sc(C(N)=O)c(N)c2c(C(F)(F)F)c1C. The van der Waals surface area contributed by atoms with E-state index in [9.17, 15) is 18.0 Å². The zero-order valence-corrected chi connectivity index (χ0v) is 11.6. The molecule has 0 aliphatic rings. The minimum Gasteiger partial charge on any atom is -0.397 e. The van der Waals surface area contributed by atoms with E-state index in [0.29, 0.717) is 12.1 Å². The molecular weight excluding hydrogens is 291 g/mol. The van der Waals surface area contributed by atoms with Crippen LogP contribution < -0.4 is 11.5 Å². The van der Waals surface area contributed by atoms with Gasteiger partial charge in [-0.25, -0.2) is 4.98 Å². The van der Waals surface area contributed by atoms with Crippen LogP contribution in [0.3, 0.4) is 0 Å². The average Bonchev–Trinajstić information content (AvgIpc) is 2.64. The molecule has 0 unspecified atom stereocenters. The minimum absolute atomic E-state index is 0.0352. The topological polar surface area (TPSA) is 82.0 Å². The van der Waals surface area contributed by atoms with E-state index in [-0.39, 0.29) is 26.3 Å². The molecule has 20 heavy (non-hydrogen) atoms. The predicted octanol–water partition coefficient (Wildman–Crippen LogP) is 2.87. The summed E-state index contributed by atoms with van der Waals surface area (Å²) in [7, 11) is 0. The van der Waals surface area contributed by atoms with Crippen LogP contribution in [0.15, 0.2) is 0 Å². The van der Waals surface area contributed by atoms with Crippen LogP contribution in [0.5, 0.6) is 0 Å². The van der Waals surface area contributed by atoms with E-state index in [1.807, 2.05) is 0 Å². The van der Waals surface area contributed by atoms with Crippen molar-refractivity contribution >= 4 is 33.1 Å². The number of thiophene rings is 1. The third kappa shape index (κ3) is 2.09. The Kier molecular flexibility index (Phi) is 3.37. The van der Waals surface area contributed by atoms with Gasteiger partial charge in [-0.3, -0.25) is 4.79 Å². The Bertz CT molecular complexity index is 706. The van der Waals surface area contributed by atoms with Gasteiger partial charge in [-0.15, -0.1) is 11.3 Å². The van der Waals surface area contributed by atoms with Crippen molar-refractivity contribution in [1.82, 2.24) is 4.98 Å². The van der Waals surface area contributed by atoms with Crippen LogP contribution in [-0.4, -0.2) is 10.9 Å². The van der Waals surface area contributed by atoms with Crippen molar-refractivity contribution in [3.8, 4) is 0 Å². The van der Waals surface area contributed by atoms with Gasteiger partial charge >= 0.3 is 6.18 Å². The third-order valence-corrected chi connectivity index (χ3v) is 4.18. The van der Waals surface area contributed by atoms with E-state index < -0.39 is 17.6 Å². The Morgan fingerprint density at radius 1 is 1.40 bits per heavy atom. The first-order valence-electron chi connectivity index (χ1n) is 5.76. The smallest absolute Gasteiger partial charge is 0.397 e. The standard InChI is InChI=1S/C12H12F3N3OS/c1-3-5-4(2)7(12(13,14)15)6-8(16)9(10(17)19)20-11(6)18-5/h3,16H2,1-2H3,(H2,17,19). The molecule has 0 radical (unpaired) electrons. The van der Waals surface area contributed by atoms with Gasteiger partial charge < -0.3 is 11.5 Å². The van der Waals surface area contributed by atoms with Gasteiger partial charge in [-0.1, -0.05) is 6.92 Å². The summed E-state index contributed by atoms with van der Waals surface area (Å²) < 4.78 is 39.9. The van der Waals surface area contributed by atoms with Gasteiger partial charge in [0.1, 0.15) is 9.71 Å². The number of anilines is 1. The molecule has 108 valence electrons. The summed E-state index contributed by atoms with van der Waals surface area (Å²) in [6, 6.07) is 0. The van der Waals surface area contributed by atoms with Gasteiger partial charge in [-0.2, -0.15) is 13.2 Å². The highest BCUT2D eigenvalue weighted by molar-refractivity contribution is 7.21. The summed E-state index contributed by atoms with van der Waals surface area (Å²) in [5.41, 5.74) is 10.1. The molecule has 2 aromatic heterocycles. The number of fused-ring (bicyclic) bond motifs is 1. The molecule has 2 rings (SSSR count). The number of halogens is 3. The predicted molar refractivity (Wildman–Crippen MR) is 71.7 cm³/mol. The Morgan fingerprint density at radius 3 is 2.45 bits per heavy atom.